The minimum atomic E-state index is -1.36. The minimum absolute atomic E-state index is 0.0910. The van der Waals surface area contributed by atoms with Gasteiger partial charge in [0.15, 0.2) is 5.78 Å². The van der Waals surface area contributed by atoms with Crippen LogP contribution in [0.25, 0.3) is 0 Å². The van der Waals surface area contributed by atoms with Crippen LogP contribution in [-0.4, -0.2) is 96.4 Å². The molecule has 0 fully saturated rings. The molecule has 2 heterocycles. The number of aliphatic hydroxyl groups excluding tert-OH is 1. The number of Topliss-reactive ketones (excluding diaryl/α,β-unsaturated/α-hetero) is 1. The van der Waals surface area contributed by atoms with Gasteiger partial charge in [-0.15, -0.1) is 0 Å². The number of nitrogens with one attached hydrogen (secondary N) is 2. The van der Waals surface area contributed by atoms with Crippen molar-refractivity contribution in [3.8, 4) is 5.88 Å². The molecule has 4 rings (SSSR count). The number of nitrogens with zero attached hydrogens (tertiary/aromatic N) is 4. The summed E-state index contributed by atoms with van der Waals surface area (Å²) in [6.07, 6.45) is 2.43. The lowest BCUT2D eigenvalue weighted by Gasteiger charge is -2.23. The SMILES string of the molecule is COc1ccc(NC(=O)c2ccnc(N(CCOCCOCCNC(=O)[C@@H](CC(=O)[C@@H](O)[C@H](N)Cc3ccccc3)CC(C)C)c3ccccc3)n2)cn1. The number of rotatable bonds is 23. The second-order valence-corrected chi connectivity index (χ2v) is 13.1. The summed E-state index contributed by atoms with van der Waals surface area (Å²) in [6, 6.07) is 23.1. The Morgan fingerprint density at radius 2 is 1.59 bits per heavy atom. The Balaban J connectivity index is 1.19. The van der Waals surface area contributed by atoms with Gasteiger partial charge in [-0.1, -0.05) is 62.4 Å². The number of pyridine rings is 1. The highest BCUT2D eigenvalue weighted by Crippen LogP contribution is 2.22. The van der Waals surface area contributed by atoms with Gasteiger partial charge in [0.1, 0.15) is 11.8 Å². The Hall–Kier alpha value is -5.28. The molecule has 2 amide bonds. The van der Waals surface area contributed by atoms with Gasteiger partial charge in [0.2, 0.25) is 17.7 Å². The van der Waals surface area contributed by atoms with E-state index < -0.39 is 29.8 Å². The molecule has 0 bridgehead atoms. The summed E-state index contributed by atoms with van der Waals surface area (Å²) in [5.41, 5.74) is 8.58. The first kappa shape index (κ1) is 41.5. The lowest BCUT2D eigenvalue weighted by Crippen LogP contribution is -2.44. The number of aromatic nitrogens is 3. The van der Waals surface area contributed by atoms with Gasteiger partial charge >= 0.3 is 0 Å². The number of carbonyl (C=O) groups excluding carboxylic acids is 3. The first-order chi connectivity index (χ1) is 26.1. The zero-order valence-corrected chi connectivity index (χ0v) is 31.1. The molecule has 54 heavy (non-hydrogen) atoms. The first-order valence-electron chi connectivity index (χ1n) is 18.0. The summed E-state index contributed by atoms with van der Waals surface area (Å²) >= 11 is 0. The van der Waals surface area contributed by atoms with E-state index in [4.69, 9.17) is 19.9 Å². The van der Waals surface area contributed by atoms with Crippen molar-refractivity contribution in [3.05, 3.63) is 103 Å². The third kappa shape index (κ3) is 13.6. The summed E-state index contributed by atoms with van der Waals surface area (Å²) in [7, 11) is 1.52. The van der Waals surface area contributed by atoms with Crippen LogP contribution in [0.15, 0.2) is 91.3 Å². The van der Waals surface area contributed by atoms with Crippen LogP contribution in [0.5, 0.6) is 5.88 Å². The second-order valence-electron chi connectivity index (χ2n) is 13.1. The van der Waals surface area contributed by atoms with E-state index in [-0.39, 0.29) is 37.1 Å². The maximum absolute atomic E-state index is 13.0. The fraction of sp³-hybridized carbons (Fsp3) is 0.400. The molecule has 14 nitrogen and oxygen atoms in total. The maximum atomic E-state index is 13.0. The van der Waals surface area contributed by atoms with Gasteiger partial charge in [-0.3, -0.25) is 14.4 Å². The van der Waals surface area contributed by atoms with Crippen LogP contribution in [0.1, 0.15) is 42.7 Å². The third-order valence-corrected chi connectivity index (χ3v) is 8.39. The molecule has 0 spiro atoms. The van der Waals surface area contributed by atoms with E-state index in [1.807, 2.05) is 79.4 Å². The molecule has 0 aliphatic rings. The Labute approximate surface area is 316 Å². The summed E-state index contributed by atoms with van der Waals surface area (Å²) in [5.74, 6) is -0.757. The predicted molar refractivity (Wildman–Crippen MR) is 206 cm³/mol. The van der Waals surface area contributed by atoms with Crippen LogP contribution >= 0.6 is 0 Å². The van der Waals surface area contributed by atoms with E-state index in [9.17, 15) is 19.5 Å². The fourth-order valence-corrected chi connectivity index (χ4v) is 5.65. The number of aliphatic hydroxyl groups is 1. The van der Waals surface area contributed by atoms with Crippen molar-refractivity contribution in [1.82, 2.24) is 20.3 Å². The molecule has 2 aromatic carbocycles. The number of ether oxygens (including phenoxy) is 3. The van der Waals surface area contributed by atoms with E-state index in [2.05, 4.69) is 25.6 Å². The quantitative estimate of drug-likeness (QED) is 0.0802. The number of carbonyl (C=O) groups is 3. The average molecular weight is 742 g/mol. The van der Waals surface area contributed by atoms with Crippen molar-refractivity contribution in [3.63, 3.8) is 0 Å². The molecule has 0 aliphatic carbocycles. The van der Waals surface area contributed by atoms with Crippen molar-refractivity contribution in [2.75, 3.05) is 56.8 Å². The third-order valence-electron chi connectivity index (χ3n) is 8.39. The highest BCUT2D eigenvalue weighted by atomic mass is 16.5. The number of ketones is 1. The molecule has 2 aromatic heterocycles. The van der Waals surface area contributed by atoms with Crippen LogP contribution in [0.2, 0.25) is 0 Å². The van der Waals surface area contributed by atoms with E-state index >= 15 is 0 Å². The number of hydrogen-bond acceptors (Lipinski definition) is 12. The number of benzene rings is 2. The Morgan fingerprint density at radius 1 is 0.889 bits per heavy atom. The largest absolute Gasteiger partial charge is 0.481 e. The van der Waals surface area contributed by atoms with Crippen molar-refractivity contribution in [2.24, 2.45) is 17.6 Å². The zero-order valence-electron chi connectivity index (χ0n) is 31.1. The van der Waals surface area contributed by atoms with Crippen molar-refractivity contribution < 1.29 is 33.7 Å². The van der Waals surface area contributed by atoms with Crippen LogP contribution in [0, 0.1) is 11.8 Å². The molecular formula is C40H51N7O7. The predicted octanol–water partition coefficient (Wildman–Crippen LogP) is 3.97. The highest BCUT2D eigenvalue weighted by molar-refractivity contribution is 6.03. The smallest absolute Gasteiger partial charge is 0.274 e. The lowest BCUT2D eigenvalue weighted by molar-refractivity contribution is -0.134. The average Bonchev–Trinajstić information content (AvgIpc) is 3.18. The van der Waals surface area contributed by atoms with Crippen molar-refractivity contribution in [1.29, 1.82) is 0 Å². The molecular weight excluding hydrogens is 690 g/mol. The summed E-state index contributed by atoms with van der Waals surface area (Å²) in [5, 5.41) is 16.3. The van der Waals surface area contributed by atoms with E-state index in [1.54, 1.807) is 12.1 Å². The van der Waals surface area contributed by atoms with Crippen LogP contribution in [-0.2, 0) is 25.5 Å². The molecule has 4 aromatic rings. The summed E-state index contributed by atoms with van der Waals surface area (Å²) in [6.45, 7) is 5.80. The molecule has 0 radical (unpaired) electrons. The second kappa shape index (κ2) is 22.1. The summed E-state index contributed by atoms with van der Waals surface area (Å²) < 4.78 is 16.6. The van der Waals surface area contributed by atoms with E-state index in [0.29, 0.717) is 56.7 Å². The number of hydrogen-bond donors (Lipinski definition) is 4. The Kier molecular flexibility index (Phi) is 16.9. The van der Waals surface area contributed by atoms with Gasteiger partial charge in [-0.2, -0.15) is 0 Å². The van der Waals surface area contributed by atoms with Crippen molar-refractivity contribution >= 4 is 34.9 Å². The van der Waals surface area contributed by atoms with E-state index in [0.717, 1.165) is 11.3 Å². The maximum Gasteiger partial charge on any atom is 0.274 e. The number of anilines is 3. The highest BCUT2D eigenvalue weighted by Gasteiger charge is 2.29. The fourth-order valence-electron chi connectivity index (χ4n) is 5.65. The number of amides is 2. The van der Waals surface area contributed by atoms with Gasteiger partial charge < -0.3 is 40.6 Å². The van der Waals surface area contributed by atoms with Gasteiger partial charge in [0, 0.05) is 49.4 Å². The zero-order chi connectivity index (χ0) is 38.7. The van der Waals surface area contributed by atoms with Crippen LogP contribution in [0.3, 0.4) is 0 Å². The monoisotopic (exact) mass is 741 g/mol. The first-order valence-corrected chi connectivity index (χ1v) is 18.0. The Morgan fingerprint density at radius 3 is 2.26 bits per heavy atom. The van der Waals surface area contributed by atoms with E-state index in [1.165, 1.54) is 25.6 Å². The van der Waals surface area contributed by atoms with Gasteiger partial charge in [-0.05, 0) is 48.6 Å². The van der Waals surface area contributed by atoms with Crippen molar-refractivity contribution in [2.45, 2.75) is 45.3 Å². The molecule has 0 unspecified atom stereocenters. The van der Waals surface area contributed by atoms with Crippen LogP contribution in [0.4, 0.5) is 17.3 Å². The normalized spacial score (nSPS) is 12.8. The molecule has 0 saturated carbocycles. The Bertz CT molecular complexity index is 1730. The molecule has 0 aliphatic heterocycles. The van der Waals surface area contributed by atoms with Gasteiger partial charge in [-0.25, -0.2) is 15.0 Å². The van der Waals surface area contributed by atoms with Gasteiger partial charge in [0.05, 0.1) is 45.4 Å². The molecule has 14 heteroatoms. The molecule has 3 atom stereocenters. The van der Waals surface area contributed by atoms with Gasteiger partial charge in [0.25, 0.3) is 5.91 Å². The molecule has 0 saturated heterocycles. The van der Waals surface area contributed by atoms with Crippen LogP contribution < -0.4 is 26.0 Å². The molecule has 288 valence electrons. The molecule has 5 N–H and O–H groups in total. The number of methoxy groups -OCH3 is 1. The number of nitrogens with two attached hydrogens (primary N) is 1. The number of para-hydroxylation sites is 1. The topological polar surface area (TPSA) is 191 Å². The summed E-state index contributed by atoms with van der Waals surface area (Å²) in [4.78, 5) is 53.8. The minimum Gasteiger partial charge on any atom is -0.481 e. The lowest BCUT2D eigenvalue weighted by atomic mass is 9.88. The standard InChI is InChI=1S/C40H51N7O7/c1-28(2)24-30(26-35(48)37(49)33(41)25-29-10-6-4-7-11-29)38(50)42-18-20-53-22-23-54-21-19-47(32-12-8-5-9-13-32)40-43-17-16-34(46-40)39(51)45-31-14-15-36(52-3)44-27-31/h4-17,27-28,30,33,37,49H,18-26,41H2,1-3H3,(H,42,50)(H,45,51)/t30-,33-,37+/m1/s1.